The highest BCUT2D eigenvalue weighted by Gasteiger charge is 2.13. The Kier molecular flexibility index (Phi) is 3.77. The van der Waals surface area contributed by atoms with Gasteiger partial charge in [0.25, 0.3) is 0 Å². The summed E-state index contributed by atoms with van der Waals surface area (Å²) in [5.41, 5.74) is 0.207. The zero-order valence-electron chi connectivity index (χ0n) is 10.3. The summed E-state index contributed by atoms with van der Waals surface area (Å²) in [6.07, 6.45) is 0.586. The van der Waals surface area contributed by atoms with Crippen molar-refractivity contribution < 1.29 is 5.11 Å². The molecule has 6 heteroatoms. The molecule has 0 fully saturated rings. The van der Waals surface area contributed by atoms with Crippen molar-refractivity contribution in [2.75, 3.05) is 0 Å². The molecular formula is C12H15BrN4O. The maximum absolute atomic E-state index is 9.64. The monoisotopic (exact) mass is 310 g/mol. The summed E-state index contributed by atoms with van der Waals surface area (Å²) >= 11 is 3.38. The first-order valence-electron chi connectivity index (χ1n) is 5.70. The average molecular weight is 311 g/mol. The van der Waals surface area contributed by atoms with Crippen LogP contribution in [0, 0.1) is 0 Å². The molecule has 1 heterocycles. The standard InChI is InChI=1S/C12H15BrN4O/c1-12(2,18)7-8-17-15-11(14-16-17)9-3-5-10(13)6-4-9/h3-6,18H,7-8H2,1-2H3. The van der Waals surface area contributed by atoms with Crippen molar-refractivity contribution in [3.05, 3.63) is 28.7 Å². The Morgan fingerprint density at radius 1 is 1.28 bits per heavy atom. The van der Waals surface area contributed by atoms with Crippen LogP contribution in [0.5, 0.6) is 0 Å². The summed E-state index contributed by atoms with van der Waals surface area (Å²) in [6.45, 7) is 4.08. The number of aromatic nitrogens is 4. The minimum absolute atomic E-state index is 0.549. The fourth-order valence-corrected chi connectivity index (χ4v) is 1.69. The van der Waals surface area contributed by atoms with Gasteiger partial charge in [-0.15, -0.1) is 10.2 Å². The molecule has 2 aromatic rings. The van der Waals surface area contributed by atoms with Crippen molar-refractivity contribution in [2.24, 2.45) is 0 Å². The molecule has 0 radical (unpaired) electrons. The number of halogens is 1. The molecule has 96 valence electrons. The van der Waals surface area contributed by atoms with Gasteiger partial charge in [0.2, 0.25) is 5.82 Å². The molecule has 1 N–H and O–H groups in total. The number of nitrogens with zero attached hydrogens (tertiary/aromatic N) is 4. The Bertz CT molecular complexity index is 516. The lowest BCUT2D eigenvalue weighted by atomic mass is 10.1. The summed E-state index contributed by atoms with van der Waals surface area (Å²) in [7, 11) is 0. The van der Waals surface area contributed by atoms with Crippen molar-refractivity contribution in [1.29, 1.82) is 0 Å². The first-order valence-corrected chi connectivity index (χ1v) is 6.49. The van der Waals surface area contributed by atoms with Crippen molar-refractivity contribution >= 4 is 15.9 Å². The van der Waals surface area contributed by atoms with Crippen LogP contribution in [-0.2, 0) is 6.54 Å². The van der Waals surface area contributed by atoms with E-state index < -0.39 is 5.60 Å². The lowest BCUT2D eigenvalue weighted by Gasteiger charge is -2.15. The number of benzene rings is 1. The maximum Gasteiger partial charge on any atom is 0.204 e. The van der Waals surface area contributed by atoms with Crippen molar-refractivity contribution in [2.45, 2.75) is 32.4 Å². The Labute approximate surface area is 114 Å². The van der Waals surface area contributed by atoms with Gasteiger partial charge in [0.15, 0.2) is 0 Å². The highest BCUT2D eigenvalue weighted by molar-refractivity contribution is 9.10. The van der Waals surface area contributed by atoms with E-state index in [1.54, 1.807) is 13.8 Å². The molecule has 0 aliphatic heterocycles. The third kappa shape index (κ3) is 3.61. The fourth-order valence-electron chi connectivity index (χ4n) is 1.43. The van der Waals surface area contributed by atoms with Gasteiger partial charge in [-0.05, 0) is 49.7 Å². The van der Waals surface area contributed by atoms with E-state index in [4.69, 9.17) is 0 Å². The first-order chi connectivity index (χ1) is 8.44. The summed E-state index contributed by atoms with van der Waals surface area (Å²) in [6, 6.07) is 7.74. The zero-order chi connectivity index (χ0) is 13.2. The minimum atomic E-state index is -0.717. The Balaban J connectivity index is 2.08. The van der Waals surface area contributed by atoms with E-state index in [9.17, 15) is 5.11 Å². The topological polar surface area (TPSA) is 63.8 Å². The average Bonchev–Trinajstić information content (AvgIpc) is 2.75. The number of hydrogen-bond donors (Lipinski definition) is 1. The molecule has 5 nitrogen and oxygen atoms in total. The van der Waals surface area contributed by atoms with Gasteiger partial charge >= 0.3 is 0 Å². The molecule has 0 saturated carbocycles. The molecule has 0 aliphatic carbocycles. The molecule has 0 bridgehead atoms. The van der Waals surface area contributed by atoms with Gasteiger partial charge in [-0.2, -0.15) is 4.80 Å². The van der Waals surface area contributed by atoms with E-state index in [0.717, 1.165) is 10.0 Å². The second kappa shape index (κ2) is 5.16. The predicted octanol–water partition coefficient (Wildman–Crippen LogP) is 2.26. The van der Waals surface area contributed by atoms with Crippen LogP contribution in [0.3, 0.4) is 0 Å². The molecule has 1 aromatic heterocycles. The van der Waals surface area contributed by atoms with Crippen LogP contribution >= 0.6 is 15.9 Å². The van der Waals surface area contributed by atoms with Gasteiger partial charge in [0.05, 0.1) is 12.1 Å². The maximum atomic E-state index is 9.64. The van der Waals surface area contributed by atoms with E-state index in [0.29, 0.717) is 18.8 Å². The molecule has 0 spiro atoms. The van der Waals surface area contributed by atoms with E-state index >= 15 is 0 Å². The van der Waals surface area contributed by atoms with Crippen LogP contribution < -0.4 is 0 Å². The number of aliphatic hydroxyl groups is 1. The number of tetrazole rings is 1. The van der Waals surface area contributed by atoms with Crippen LogP contribution in [0.1, 0.15) is 20.3 Å². The van der Waals surface area contributed by atoms with Crippen LogP contribution in [0.4, 0.5) is 0 Å². The molecule has 0 amide bonds. The summed E-state index contributed by atoms with van der Waals surface area (Å²) < 4.78 is 1.01. The zero-order valence-corrected chi connectivity index (χ0v) is 11.9. The van der Waals surface area contributed by atoms with Gasteiger partial charge in [-0.3, -0.25) is 0 Å². The molecule has 0 saturated heterocycles. The van der Waals surface area contributed by atoms with E-state index in [1.165, 1.54) is 4.80 Å². The largest absolute Gasteiger partial charge is 0.390 e. The molecule has 0 atom stereocenters. The van der Waals surface area contributed by atoms with Gasteiger partial charge in [-0.25, -0.2) is 0 Å². The predicted molar refractivity (Wildman–Crippen MR) is 71.9 cm³/mol. The number of hydrogen-bond acceptors (Lipinski definition) is 4. The van der Waals surface area contributed by atoms with Crippen LogP contribution in [0.15, 0.2) is 28.7 Å². The quantitative estimate of drug-likeness (QED) is 0.941. The van der Waals surface area contributed by atoms with Crippen molar-refractivity contribution in [3.63, 3.8) is 0 Å². The second-order valence-electron chi connectivity index (χ2n) is 4.78. The van der Waals surface area contributed by atoms with Gasteiger partial charge < -0.3 is 5.11 Å². The Morgan fingerprint density at radius 3 is 2.56 bits per heavy atom. The van der Waals surface area contributed by atoms with E-state index in [1.807, 2.05) is 24.3 Å². The van der Waals surface area contributed by atoms with Crippen LogP contribution in [-0.4, -0.2) is 30.9 Å². The second-order valence-corrected chi connectivity index (χ2v) is 5.69. The van der Waals surface area contributed by atoms with E-state index in [2.05, 4.69) is 31.3 Å². The van der Waals surface area contributed by atoms with Crippen molar-refractivity contribution in [3.8, 4) is 11.4 Å². The van der Waals surface area contributed by atoms with E-state index in [-0.39, 0.29) is 0 Å². The Morgan fingerprint density at radius 2 is 1.94 bits per heavy atom. The summed E-state index contributed by atoms with van der Waals surface area (Å²) in [5.74, 6) is 0.596. The molecular weight excluding hydrogens is 296 g/mol. The molecule has 1 aromatic carbocycles. The smallest absolute Gasteiger partial charge is 0.204 e. The number of aryl methyl sites for hydroxylation is 1. The highest BCUT2D eigenvalue weighted by Crippen LogP contribution is 2.17. The third-order valence-corrected chi connectivity index (χ3v) is 3.01. The minimum Gasteiger partial charge on any atom is -0.390 e. The van der Waals surface area contributed by atoms with Crippen molar-refractivity contribution in [1.82, 2.24) is 20.2 Å². The normalized spacial score (nSPS) is 11.8. The van der Waals surface area contributed by atoms with Gasteiger partial charge in [0, 0.05) is 10.0 Å². The Hall–Kier alpha value is -1.27. The first kappa shape index (κ1) is 13.2. The molecule has 2 rings (SSSR count). The summed E-state index contributed by atoms with van der Waals surface area (Å²) in [4.78, 5) is 1.51. The summed E-state index contributed by atoms with van der Waals surface area (Å²) in [5, 5.41) is 21.9. The lowest BCUT2D eigenvalue weighted by molar-refractivity contribution is 0.0635. The molecule has 0 aliphatic rings. The molecule has 18 heavy (non-hydrogen) atoms. The van der Waals surface area contributed by atoms with Crippen LogP contribution in [0.25, 0.3) is 11.4 Å². The van der Waals surface area contributed by atoms with Gasteiger partial charge in [-0.1, -0.05) is 15.9 Å². The SMILES string of the molecule is CC(C)(O)CCn1nnc(-c2ccc(Br)cc2)n1. The molecule has 0 unspecified atom stereocenters. The lowest BCUT2D eigenvalue weighted by Crippen LogP contribution is -2.21. The third-order valence-electron chi connectivity index (χ3n) is 2.48. The van der Waals surface area contributed by atoms with Gasteiger partial charge in [0.1, 0.15) is 0 Å². The fraction of sp³-hybridized carbons (Fsp3) is 0.417. The number of rotatable bonds is 4. The van der Waals surface area contributed by atoms with Crippen LogP contribution in [0.2, 0.25) is 0 Å². The highest BCUT2D eigenvalue weighted by atomic mass is 79.9.